The molecule has 4 nitrogen and oxygen atoms in total. The molecular weight excluding hydrogens is 302 g/mol. The molecule has 2 unspecified atom stereocenters. The van der Waals surface area contributed by atoms with Gasteiger partial charge in [0, 0.05) is 37.7 Å². The van der Waals surface area contributed by atoms with Gasteiger partial charge in [-0.2, -0.15) is 8.78 Å². The number of alkyl halides is 2. The van der Waals surface area contributed by atoms with E-state index in [4.69, 9.17) is 0 Å². The smallest absolute Gasteiger partial charge is 0.387 e. The standard InChI is InChI=1S/C17H20F2N2O2/c18-17(19)23-16-6-5-11-3-1-2-4-13(11)14(16)9-20-7-12-8-21-10-15(12)22/h1-6,12,15,17,20-22H,7-10H2. The second kappa shape index (κ2) is 7.21. The van der Waals surface area contributed by atoms with Crippen LogP contribution >= 0.6 is 0 Å². The quantitative estimate of drug-likeness (QED) is 0.762. The summed E-state index contributed by atoms with van der Waals surface area (Å²) in [5.74, 6) is 0.320. The summed E-state index contributed by atoms with van der Waals surface area (Å²) in [6.45, 7) is -0.474. The van der Waals surface area contributed by atoms with Crippen molar-refractivity contribution in [1.29, 1.82) is 0 Å². The topological polar surface area (TPSA) is 53.5 Å². The number of halogens is 2. The molecule has 1 saturated heterocycles. The maximum Gasteiger partial charge on any atom is 0.387 e. The number of benzene rings is 2. The van der Waals surface area contributed by atoms with Crippen molar-refractivity contribution in [3.63, 3.8) is 0 Å². The highest BCUT2D eigenvalue weighted by Gasteiger charge is 2.24. The van der Waals surface area contributed by atoms with Crippen molar-refractivity contribution >= 4 is 10.8 Å². The summed E-state index contributed by atoms with van der Waals surface area (Å²) in [7, 11) is 0. The van der Waals surface area contributed by atoms with Crippen LogP contribution in [0.4, 0.5) is 8.78 Å². The molecule has 2 atom stereocenters. The molecule has 0 aromatic heterocycles. The molecule has 0 radical (unpaired) electrons. The van der Waals surface area contributed by atoms with E-state index in [2.05, 4.69) is 15.4 Å². The molecule has 2 aromatic rings. The molecule has 23 heavy (non-hydrogen) atoms. The van der Waals surface area contributed by atoms with E-state index in [1.165, 1.54) is 0 Å². The van der Waals surface area contributed by atoms with E-state index in [1.807, 2.05) is 24.3 Å². The molecule has 124 valence electrons. The maximum atomic E-state index is 12.6. The van der Waals surface area contributed by atoms with E-state index in [1.54, 1.807) is 12.1 Å². The van der Waals surface area contributed by atoms with Crippen molar-refractivity contribution in [3.05, 3.63) is 42.0 Å². The van der Waals surface area contributed by atoms with Crippen molar-refractivity contribution in [2.45, 2.75) is 19.3 Å². The van der Waals surface area contributed by atoms with Gasteiger partial charge in [-0.3, -0.25) is 0 Å². The van der Waals surface area contributed by atoms with Crippen LogP contribution in [0.15, 0.2) is 36.4 Å². The highest BCUT2D eigenvalue weighted by atomic mass is 19.3. The second-order valence-electron chi connectivity index (χ2n) is 5.76. The van der Waals surface area contributed by atoms with Crippen LogP contribution < -0.4 is 15.4 Å². The zero-order valence-corrected chi connectivity index (χ0v) is 12.6. The molecule has 0 saturated carbocycles. The van der Waals surface area contributed by atoms with Crippen LogP contribution in [-0.2, 0) is 6.54 Å². The summed E-state index contributed by atoms with van der Waals surface area (Å²) >= 11 is 0. The van der Waals surface area contributed by atoms with Crippen LogP contribution in [0.3, 0.4) is 0 Å². The fraction of sp³-hybridized carbons (Fsp3) is 0.412. The molecule has 1 heterocycles. The Morgan fingerprint density at radius 1 is 1.22 bits per heavy atom. The number of aliphatic hydroxyl groups is 1. The lowest BCUT2D eigenvalue weighted by Gasteiger charge is -2.17. The number of fused-ring (bicyclic) bond motifs is 1. The third-order valence-corrected chi connectivity index (χ3v) is 4.23. The number of hydrogen-bond donors (Lipinski definition) is 3. The summed E-state index contributed by atoms with van der Waals surface area (Å²) in [5.41, 5.74) is 0.712. The average Bonchev–Trinajstić information content (AvgIpc) is 2.94. The molecule has 3 N–H and O–H groups in total. The van der Waals surface area contributed by atoms with Gasteiger partial charge < -0.3 is 20.5 Å². The van der Waals surface area contributed by atoms with E-state index >= 15 is 0 Å². The van der Waals surface area contributed by atoms with Crippen LogP contribution in [0.25, 0.3) is 10.8 Å². The first-order valence-corrected chi connectivity index (χ1v) is 7.70. The molecule has 6 heteroatoms. The number of ether oxygens (including phenoxy) is 1. The fourth-order valence-corrected chi connectivity index (χ4v) is 3.01. The zero-order valence-electron chi connectivity index (χ0n) is 12.6. The lowest BCUT2D eigenvalue weighted by atomic mass is 10.0. The first-order valence-electron chi connectivity index (χ1n) is 7.70. The lowest BCUT2D eigenvalue weighted by Crippen LogP contribution is -2.30. The van der Waals surface area contributed by atoms with Crippen LogP contribution in [-0.4, -0.2) is 37.5 Å². The van der Waals surface area contributed by atoms with Crippen LogP contribution in [0.2, 0.25) is 0 Å². The summed E-state index contributed by atoms with van der Waals surface area (Å²) in [6.07, 6.45) is -0.369. The van der Waals surface area contributed by atoms with Gasteiger partial charge in [0.05, 0.1) is 6.10 Å². The third kappa shape index (κ3) is 3.77. The van der Waals surface area contributed by atoms with E-state index in [-0.39, 0.29) is 17.8 Å². The van der Waals surface area contributed by atoms with Gasteiger partial charge in [-0.1, -0.05) is 30.3 Å². The Labute approximate surface area is 133 Å². The van der Waals surface area contributed by atoms with Gasteiger partial charge in [0.15, 0.2) is 0 Å². The van der Waals surface area contributed by atoms with Crippen molar-refractivity contribution in [2.24, 2.45) is 5.92 Å². The van der Waals surface area contributed by atoms with Crippen molar-refractivity contribution in [3.8, 4) is 5.75 Å². The molecule has 3 rings (SSSR count). The molecule has 2 aromatic carbocycles. The Kier molecular flexibility index (Phi) is 5.05. The number of rotatable bonds is 6. The Balaban J connectivity index is 1.78. The van der Waals surface area contributed by atoms with Gasteiger partial charge in [-0.25, -0.2) is 0 Å². The van der Waals surface area contributed by atoms with Crippen LogP contribution in [0.5, 0.6) is 5.75 Å². The van der Waals surface area contributed by atoms with Crippen molar-refractivity contribution in [1.82, 2.24) is 10.6 Å². The summed E-state index contributed by atoms with van der Waals surface area (Å²) < 4.78 is 29.9. The highest BCUT2D eigenvalue weighted by molar-refractivity contribution is 5.87. The minimum absolute atomic E-state index is 0.129. The predicted molar refractivity (Wildman–Crippen MR) is 84.7 cm³/mol. The van der Waals surface area contributed by atoms with Crippen LogP contribution in [0, 0.1) is 5.92 Å². The predicted octanol–water partition coefficient (Wildman–Crippen LogP) is 2.11. The van der Waals surface area contributed by atoms with Gasteiger partial charge in [0.1, 0.15) is 5.75 Å². The number of nitrogens with one attached hydrogen (secondary N) is 2. The van der Waals surface area contributed by atoms with Crippen molar-refractivity contribution < 1.29 is 18.6 Å². The SMILES string of the molecule is OC1CNCC1CNCc1c(OC(F)F)ccc2ccccc12. The highest BCUT2D eigenvalue weighted by Crippen LogP contribution is 2.29. The Morgan fingerprint density at radius 2 is 2.04 bits per heavy atom. The summed E-state index contributed by atoms with van der Waals surface area (Å²) in [5, 5.41) is 18.1. The van der Waals surface area contributed by atoms with Crippen molar-refractivity contribution in [2.75, 3.05) is 19.6 Å². The molecule has 0 bridgehead atoms. The van der Waals surface area contributed by atoms with E-state index < -0.39 is 6.61 Å². The first kappa shape index (κ1) is 16.1. The molecular formula is C17H20F2N2O2. The minimum atomic E-state index is -2.85. The number of aliphatic hydroxyl groups excluding tert-OH is 1. The van der Waals surface area contributed by atoms with Gasteiger partial charge in [0.2, 0.25) is 0 Å². The Morgan fingerprint density at radius 3 is 2.78 bits per heavy atom. The van der Waals surface area contributed by atoms with Crippen LogP contribution in [0.1, 0.15) is 5.56 Å². The third-order valence-electron chi connectivity index (χ3n) is 4.23. The van der Waals surface area contributed by atoms with Gasteiger partial charge in [-0.15, -0.1) is 0 Å². The van der Waals surface area contributed by atoms with Gasteiger partial charge in [-0.05, 0) is 16.8 Å². The van der Waals surface area contributed by atoms with E-state index in [0.717, 1.165) is 17.3 Å². The molecule has 1 fully saturated rings. The monoisotopic (exact) mass is 322 g/mol. The maximum absolute atomic E-state index is 12.6. The summed E-state index contributed by atoms with van der Waals surface area (Å²) in [4.78, 5) is 0. The van der Waals surface area contributed by atoms with E-state index in [9.17, 15) is 13.9 Å². The molecule has 0 aliphatic carbocycles. The number of β-amino-alcohol motifs (C(OH)–C–C–N with tert-alkyl or cyclic N) is 1. The zero-order chi connectivity index (χ0) is 16.2. The number of hydrogen-bond acceptors (Lipinski definition) is 4. The molecule has 0 amide bonds. The lowest BCUT2D eigenvalue weighted by molar-refractivity contribution is -0.0503. The molecule has 1 aliphatic heterocycles. The normalized spacial score (nSPS) is 21.2. The summed E-state index contributed by atoms with van der Waals surface area (Å²) in [6, 6.07) is 11.0. The van der Waals surface area contributed by atoms with E-state index in [0.29, 0.717) is 25.2 Å². The second-order valence-corrected chi connectivity index (χ2v) is 5.76. The Hall–Kier alpha value is -1.76. The van der Waals surface area contributed by atoms with Gasteiger partial charge >= 0.3 is 6.61 Å². The first-order chi connectivity index (χ1) is 11.1. The average molecular weight is 322 g/mol. The fourth-order valence-electron chi connectivity index (χ4n) is 3.01. The molecule has 0 spiro atoms. The minimum Gasteiger partial charge on any atom is -0.434 e. The molecule has 1 aliphatic rings. The Bertz CT molecular complexity index is 666. The largest absolute Gasteiger partial charge is 0.434 e. The van der Waals surface area contributed by atoms with Gasteiger partial charge in [0.25, 0.3) is 0 Å².